The first-order valence-corrected chi connectivity index (χ1v) is 10.3. The van der Waals surface area contributed by atoms with Crippen molar-refractivity contribution in [3.05, 3.63) is 70.8 Å². The first-order valence-electron chi connectivity index (χ1n) is 10.3. The molecule has 5 heterocycles. The third-order valence-electron chi connectivity index (χ3n) is 5.30. The Morgan fingerprint density at radius 1 is 0.667 bits per heavy atom. The van der Waals surface area contributed by atoms with Gasteiger partial charge in [0.05, 0.1) is 22.8 Å². The summed E-state index contributed by atoms with van der Waals surface area (Å²) in [5, 5.41) is 0. The quantitative estimate of drug-likeness (QED) is 0.249. The summed E-state index contributed by atoms with van der Waals surface area (Å²) < 4.78 is 0. The van der Waals surface area contributed by atoms with Crippen molar-refractivity contribution in [2.75, 3.05) is 0 Å². The number of rotatable bonds is 4. The molecule has 5 rings (SSSR count). The van der Waals surface area contributed by atoms with Crippen molar-refractivity contribution in [1.82, 2.24) is 19.9 Å². The van der Waals surface area contributed by atoms with Crippen molar-refractivity contribution >= 4 is 46.4 Å². The fraction of sp³-hybridized carbons (Fsp3) is 0.200. The molecule has 0 aromatic carbocycles. The Balaban J connectivity index is 0.00000218. The SMILES string of the molecule is CCCCCc1cc2cc3nc(cc4ccc(cc5nc(cc1[nH]2)C=C5)[nH]4)C=C3.[Zn]. The van der Waals surface area contributed by atoms with Gasteiger partial charge in [-0.1, -0.05) is 19.8 Å². The minimum atomic E-state index is 0. The minimum Gasteiger partial charge on any atom is -0.355 e. The summed E-state index contributed by atoms with van der Waals surface area (Å²) >= 11 is 0. The van der Waals surface area contributed by atoms with Crippen LogP contribution in [0.15, 0.2) is 42.5 Å². The Labute approximate surface area is 189 Å². The van der Waals surface area contributed by atoms with Gasteiger partial charge >= 0.3 is 0 Å². The molecule has 0 spiro atoms. The Morgan fingerprint density at radius 3 is 1.83 bits per heavy atom. The van der Waals surface area contributed by atoms with E-state index in [1.807, 2.05) is 0 Å². The van der Waals surface area contributed by atoms with Crippen LogP contribution in [0.1, 0.15) is 54.5 Å². The van der Waals surface area contributed by atoms with E-state index in [1.165, 1.54) is 24.8 Å². The molecule has 0 saturated heterocycles. The van der Waals surface area contributed by atoms with E-state index in [-0.39, 0.29) is 19.5 Å². The van der Waals surface area contributed by atoms with Crippen LogP contribution in [0.4, 0.5) is 0 Å². The van der Waals surface area contributed by atoms with Crippen molar-refractivity contribution < 1.29 is 19.5 Å². The van der Waals surface area contributed by atoms with E-state index in [0.29, 0.717) is 0 Å². The van der Waals surface area contributed by atoms with Crippen LogP contribution < -0.4 is 0 Å². The van der Waals surface area contributed by atoms with Gasteiger partial charge in [-0.3, -0.25) is 0 Å². The average Bonchev–Trinajstić information content (AvgIpc) is 3.47. The van der Waals surface area contributed by atoms with E-state index in [0.717, 1.165) is 51.3 Å². The maximum atomic E-state index is 4.77. The monoisotopic (exact) mass is 444 g/mol. The molecule has 0 fully saturated rings. The Morgan fingerprint density at radius 2 is 1.23 bits per heavy atom. The number of aromatic nitrogens is 4. The third-order valence-corrected chi connectivity index (χ3v) is 5.30. The largest absolute Gasteiger partial charge is 0.355 e. The minimum absolute atomic E-state index is 0. The molecule has 5 heteroatoms. The summed E-state index contributed by atoms with van der Waals surface area (Å²) in [5.74, 6) is 0. The number of H-pyrrole nitrogens is 2. The van der Waals surface area contributed by atoms with E-state index < -0.39 is 0 Å². The summed E-state index contributed by atoms with van der Waals surface area (Å²) in [6.45, 7) is 2.24. The Hall–Kier alpha value is -2.78. The van der Waals surface area contributed by atoms with Gasteiger partial charge in [-0.05, 0) is 85.2 Å². The molecule has 8 bridgehead atoms. The maximum absolute atomic E-state index is 4.77. The molecule has 4 nitrogen and oxygen atoms in total. The smallest absolute Gasteiger partial charge is 0.0658 e. The molecule has 0 aliphatic carbocycles. The van der Waals surface area contributed by atoms with Crippen LogP contribution in [0.25, 0.3) is 46.4 Å². The normalized spacial score (nSPS) is 12.2. The second kappa shape index (κ2) is 8.93. The van der Waals surface area contributed by atoms with E-state index in [2.05, 4.69) is 83.7 Å². The number of hydrogen-bond acceptors (Lipinski definition) is 2. The van der Waals surface area contributed by atoms with Crippen LogP contribution in [-0.2, 0) is 25.9 Å². The number of fused-ring (bicyclic) bond motifs is 8. The van der Waals surface area contributed by atoms with Gasteiger partial charge in [0.25, 0.3) is 0 Å². The Kier molecular flexibility index (Phi) is 6.10. The standard InChI is InChI=1S/C25H24N4.Zn/c1-2-3-4-5-17-12-24-15-22-9-8-20(27-22)13-18-6-7-19(26-18)14-21-10-11-23(28-21)16-25(17)29-24;/h6-16,26,29H,2-5H2,1H3;. The van der Waals surface area contributed by atoms with Crippen molar-refractivity contribution in [2.45, 2.75) is 32.6 Å². The predicted octanol–water partition coefficient (Wildman–Crippen LogP) is 6.39. The molecule has 0 radical (unpaired) electrons. The molecule has 2 aliphatic heterocycles. The van der Waals surface area contributed by atoms with Crippen LogP contribution in [0.2, 0.25) is 0 Å². The Bertz CT molecular complexity index is 1280. The van der Waals surface area contributed by atoms with Crippen LogP contribution in [-0.4, -0.2) is 19.9 Å². The van der Waals surface area contributed by atoms with Gasteiger partial charge in [-0.2, -0.15) is 0 Å². The van der Waals surface area contributed by atoms with Gasteiger partial charge in [-0.25, -0.2) is 9.97 Å². The number of nitrogens with zero attached hydrogens (tertiary/aromatic N) is 2. The first kappa shape index (κ1) is 20.5. The van der Waals surface area contributed by atoms with Crippen LogP contribution in [0.5, 0.6) is 0 Å². The van der Waals surface area contributed by atoms with E-state index >= 15 is 0 Å². The number of aryl methyl sites for hydroxylation is 1. The van der Waals surface area contributed by atoms with Crippen LogP contribution in [0, 0.1) is 0 Å². The van der Waals surface area contributed by atoms with Gasteiger partial charge in [0.2, 0.25) is 0 Å². The van der Waals surface area contributed by atoms with Crippen LogP contribution >= 0.6 is 0 Å². The summed E-state index contributed by atoms with van der Waals surface area (Å²) in [7, 11) is 0. The fourth-order valence-electron chi connectivity index (χ4n) is 3.85. The number of hydrogen-bond donors (Lipinski definition) is 2. The molecule has 30 heavy (non-hydrogen) atoms. The van der Waals surface area contributed by atoms with E-state index in [9.17, 15) is 0 Å². The second-order valence-corrected chi connectivity index (χ2v) is 7.66. The second-order valence-electron chi connectivity index (χ2n) is 7.66. The van der Waals surface area contributed by atoms with Crippen molar-refractivity contribution in [3.63, 3.8) is 0 Å². The molecular formula is C25H24N4Zn. The molecule has 0 unspecified atom stereocenters. The maximum Gasteiger partial charge on any atom is 0.0658 e. The molecule has 146 valence electrons. The first-order chi connectivity index (χ1) is 14.2. The molecule has 2 aliphatic rings. The summed E-state index contributed by atoms with van der Waals surface area (Å²) in [5.41, 5.74) is 9.48. The van der Waals surface area contributed by atoms with Gasteiger partial charge in [0.1, 0.15) is 0 Å². The van der Waals surface area contributed by atoms with Gasteiger partial charge in [0, 0.05) is 41.5 Å². The molecule has 0 amide bonds. The summed E-state index contributed by atoms with van der Waals surface area (Å²) in [4.78, 5) is 16.5. The molecule has 3 aromatic heterocycles. The molecule has 0 saturated carbocycles. The van der Waals surface area contributed by atoms with Gasteiger partial charge in [-0.15, -0.1) is 0 Å². The molecule has 3 aromatic rings. The number of nitrogens with one attached hydrogen (secondary N) is 2. The van der Waals surface area contributed by atoms with Crippen molar-refractivity contribution in [3.8, 4) is 0 Å². The average molecular weight is 446 g/mol. The van der Waals surface area contributed by atoms with Crippen molar-refractivity contribution in [1.29, 1.82) is 0 Å². The summed E-state index contributed by atoms with van der Waals surface area (Å²) in [6.07, 6.45) is 13.0. The number of aromatic amines is 2. The van der Waals surface area contributed by atoms with E-state index in [4.69, 9.17) is 9.97 Å². The summed E-state index contributed by atoms with van der Waals surface area (Å²) in [6, 6.07) is 14.8. The zero-order chi connectivity index (χ0) is 19.6. The fourth-order valence-corrected chi connectivity index (χ4v) is 3.85. The topological polar surface area (TPSA) is 57.4 Å². The molecule has 2 N–H and O–H groups in total. The molecule has 0 atom stereocenters. The zero-order valence-corrected chi connectivity index (χ0v) is 20.2. The van der Waals surface area contributed by atoms with Gasteiger partial charge < -0.3 is 9.97 Å². The number of unbranched alkanes of at least 4 members (excludes halogenated alkanes) is 2. The van der Waals surface area contributed by atoms with Crippen molar-refractivity contribution in [2.24, 2.45) is 0 Å². The third kappa shape index (κ3) is 4.52. The van der Waals surface area contributed by atoms with Crippen LogP contribution in [0.3, 0.4) is 0 Å². The molecular weight excluding hydrogens is 422 g/mol. The zero-order valence-electron chi connectivity index (χ0n) is 17.3. The predicted molar refractivity (Wildman–Crippen MR) is 122 cm³/mol. The van der Waals surface area contributed by atoms with E-state index in [1.54, 1.807) is 0 Å². The van der Waals surface area contributed by atoms with Gasteiger partial charge in [0.15, 0.2) is 0 Å².